The third-order valence-corrected chi connectivity index (χ3v) is 4.17. The minimum Gasteiger partial charge on any atom is -0.508 e. The van der Waals surface area contributed by atoms with Crippen LogP contribution in [0.4, 0.5) is 0 Å². The summed E-state index contributed by atoms with van der Waals surface area (Å²) in [5, 5.41) is 9.59. The molecule has 1 aromatic heterocycles. The number of rotatable bonds is 3. The Morgan fingerprint density at radius 2 is 1.90 bits per heavy atom. The third-order valence-electron chi connectivity index (χ3n) is 4.17. The lowest BCUT2D eigenvalue weighted by atomic mass is 10.1. The molecule has 0 unspecified atom stereocenters. The fourth-order valence-corrected chi connectivity index (χ4v) is 2.88. The van der Waals surface area contributed by atoms with E-state index in [1.165, 1.54) is 37.9 Å². The molecule has 1 N–H and O–H groups in total. The molecule has 0 bridgehead atoms. The zero-order chi connectivity index (χ0) is 14.7. The van der Waals surface area contributed by atoms with Gasteiger partial charge in [-0.05, 0) is 68.2 Å². The number of aromatic hydroxyl groups is 1. The molecule has 0 amide bonds. The zero-order valence-corrected chi connectivity index (χ0v) is 12.5. The summed E-state index contributed by atoms with van der Waals surface area (Å²) in [4.78, 5) is 7.08. The van der Waals surface area contributed by atoms with Crippen LogP contribution in [0.1, 0.15) is 30.4 Å². The molecule has 21 heavy (non-hydrogen) atoms. The summed E-state index contributed by atoms with van der Waals surface area (Å²) in [5.41, 5.74) is 4.16. The van der Waals surface area contributed by atoms with Crippen LogP contribution < -0.4 is 0 Å². The van der Waals surface area contributed by atoms with Crippen molar-refractivity contribution in [2.75, 3.05) is 13.1 Å². The number of pyridine rings is 1. The maximum atomic E-state index is 9.59. The standard InChI is InChI=1S/C18H22N2O/c1-14-11-16(6-8-18(14)21)17-7-5-15(12-19-17)13-20-9-3-2-4-10-20/h5-8,11-12,21H,2-4,9-10,13H2,1H3. The number of phenolic OH excluding ortho intramolecular Hbond substituents is 1. The van der Waals surface area contributed by atoms with E-state index < -0.39 is 0 Å². The summed E-state index contributed by atoms with van der Waals surface area (Å²) in [6, 6.07) is 9.86. The number of benzene rings is 1. The van der Waals surface area contributed by atoms with Crippen LogP contribution in [-0.4, -0.2) is 28.1 Å². The highest BCUT2D eigenvalue weighted by atomic mass is 16.3. The van der Waals surface area contributed by atoms with Gasteiger partial charge in [0.05, 0.1) is 5.69 Å². The van der Waals surface area contributed by atoms with Crippen LogP contribution >= 0.6 is 0 Å². The molecular weight excluding hydrogens is 260 g/mol. The number of hydrogen-bond acceptors (Lipinski definition) is 3. The van der Waals surface area contributed by atoms with Crippen molar-refractivity contribution < 1.29 is 5.11 Å². The van der Waals surface area contributed by atoms with Crippen molar-refractivity contribution in [1.29, 1.82) is 0 Å². The maximum Gasteiger partial charge on any atom is 0.118 e. The highest BCUT2D eigenvalue weighted by Gasteiger charge is 2.10. The van der Waals surface area contributed by atoms with Crippen molar-refractivity contribution in [2.24, 2.45) is 0 Å². The van der Waals surface area contributed by atoms with E-state index in [0.29, 0.717) is 5.75 Å². The second kappa shape index (κ2) is 6.27. The molecule has 0 radical (unpaired) electrons. The van der Waals surface area contributed by atoms with Crippen LogP contribution in [-0.2, 0) is 6.54 Å². The quantitative estimate of drug-likeness (QED) is 0.931. The van der Waals surface area contributed by atoms with Crippen LogP contribution in [0.3, 0.4) is 0 Å². The molecule has 3 nitrogen and oxygen atoms in total. The lowest BCUT2D eigenvalue weighted by Gasteiger charge is -2.26. The number of nitrogens with zero attached hydrogens (tertiary/aromatic N) is 2. The van der Waals surface area contributed by atoms with E-state index in [4.69, 9.17) is 0 Å². The average molecular weight is 282 g/mol. The van der Waals surface area contributed by atoms with Gasteiger partial charge in [-0.3, -0.25) is 9.88 Å². The fraction of sp³-hybridized carbons (Fsp3) is 0.389. The lowest BCUT2D eigenvalue weighted by molar-refractivity contribution is 0.220. The molecule has 3 heteroatoms. The molecule has 3 rings (SSSR count). The molecule has 1 saturated heterocycles. The Bertz CT molecular complexity index is 601. The monoisotopic (exact) mass is 282 g/mol. The van der Waals surface area contributed by atoms with Crippen molar-refractivity contribution in [3.8, 4) is 17.0 Å². The predicted molar refractivity (Wildman–Crippen MR) is 85.2 cm³/mol. The highest BCUT2D eigenvalue weighted by molar-refractivity contribution is 5.61. The molecular formula is C18H22N2O. The number of hydrogen-bond donors (Lipinski definition) is 1. The van der Waals surface area contributed by atoms with Crippen molar-refractivity contribution in [2.45, 2.75) is 32.7 Å². The van der Waals surface area contributed by atoms with Gasteiger partial charge in [0.15, 0.2) is 0 Å². The zero-order valence-electron chi connectivity index (χ0n) is 12.5. The van der Waals surface area contributed by atoms with Gasteiger partial charge in [-0.15, -0.1) is 0 Å². The molecule has 1 aliphatic rings. The van der Waals surface area contributed by atoms with E-state index in [-0.39, 0.29) is 0 Å². The van der Waals surface area contributed by atoms with Crippen LogP contribution in [0.5, 0.6) is 5.75 Å². The van der Waals surface area contributed by atoms with E-state index in [1.807, 2.05) is 25.3 Å². The summed E-state index contributed by atoms with van der Waals surface area (Å²) < 4.78 is 0. The summed E-state index contributed by atoms with van der Waals surface area (Å²) >= 11 is 0. The van der Waals surface area contributed by atoms with E-state index in [0.717, 1.165) is 23.4 Å². The first-order valence-electron chi connectivity index (χ1n) is 7.70. The Morgan fingerprint density at radius 1 is 1.10 bits per heavy atom. The predicted octanol–water partition coefficient (Wildman–Crippen LogP) is 3.75. The summed E-state index contributed by atoms with van der Waals surface area (Å²) in [6.45, 7) is 5.32. The van der Waals surface area contributed by atoms with Gasteiger partial charge in [0.2, 0.25) is 0 Å². The Morgan fingerprint density at radius 3 is 2.57 bits per heavy atom. The molecule has 1 aliphatic heterocycles. The SMILES string of the molecule is Cc1cc(-c2ccc(CN3CCCCC3)cn2)ccc1O. The first-order valence-corrected chi connectivity index (χ1v) is 7.70. The Balaban J connectivity index is 1.72. The number of piperidine rings is 1. The van der Waals surface area contributed by atoms with E-state index >= 15 is 0 Å². The minimum absolute atomic E-state index is 0.334. The molecule has 0 atom stereocenters. The fourth-order valence-electron chi connectivity index (χ4n) is 2.88. The smallest absolute Gasteiger partial charge is 0.118 e. The number of aromatic nitrogens is 1. The summed E-state index contributed by atoms with van der Waals surface area (Å²) in [6.07, 6.45) is 5.98. The molecule has 0 aliphatic carbocycles. The van der Waals surface area contributed by atoms with Gasteiger partial charge in [0.25, 0.3) is 0 Å². The topological polar surface area (TPSA) is 36.4 Å². The Labute approximate surface area is 126 Å². The molecule has 2 aromatic rings. The van der Waals surface area contributed by atoms with Crippen molar-refractivity contribution in [3.63, 3.8) is 0 Å². The summed E-state index contributed by atoms with van der Waals surface area (Å²) in [5.74, 6) is 0.334. The van der Waals surface area contributed by atoms with Crippen LogP contribution in [0.25, 0.3) is 11.3 Å². The number of likely N-dealkylation sites (tertiary alicyclic amines) is 1. The second-order valence-corrected chi connectivity index (χ2v) is 5.89. The minimum atomic E-state index is 0.334. The molecule has 0 spiro atoms. The molecule has 2 heterocycles. The lowest BCUT2D eigenvalue weighted by Crippen LogP contribution is -2.29. The normalized spacial score (nSPS) is 16.0. The first kappa shape index (κ1) is 14.1. The van der Waals surface area contributed by atoms with Gasteiger partial charge in [0.1, 0.15) is 5.75 Å². The van der Waals surface area contributed by atoms with Gasteiger partial charge < -0.3 is 5.11 Å². The molecule has 1 aromatic carbocycles. The first-order chi connectivity index (χ1) is 10.2. The number of aryl methyl sites for hydroxylation is 1. The van der Waals surface area contributed by atoms with Gasteiger partial charge in [-0.2, -0.15) is 0 Å². The van der Waals surface area contributed by atoms with E-state index in [1.54, 1.807) is 6.07 Å². The third kappa shape index (κ3) is 3.42. The Kier molecular flexibility index (Phi) is 4.20. The van der Waals surface area contributed by atoms with E-state index in [9.17, 15) is 5.11 Å². The second-order valence-electron chi connectivity index (χ2n) is 5.89. The Hall–Kier alpha value is -1.87. The van der Waals surface area contributed by atoms with Crippen LogP contribution in [0.2, 0.25) is 0 Å². The van der Waals surface area contributed by atoms with Gasteiger partial charge >= 0.3 is 0 Å². The van der Waals surface area contributed by atoms with Gasteiger partial charge in [-0.1, -0.05) is 12.5 Å². The van der Waals surface area contributed by atoms with Gasteiger partial charge in [0, 0.05) is 18.3 Å². The van der Waals surface area contributed by atoms with Crippen LogP contribution in [0, 0.1) is 6.92 Å². The van der Waals surface area contributed by atoms with Gasteiger partial charge in [-0.25, -0.2) is 0 Å². The molecule has 1 fully saturated rings. The van der Waals surface area contributed by atoms with E-state index in [2.05, 4.69) is 22.0 Å². The van der Waals surface area contributed by atoms with Crippen LogP contribution in [0.15, 0.2) is 36.5 Å². The highest BCUT2D eigenvalue weighted by Crippen LogP contribution is 2.24. The average Bonchev–Trinajstić information content (AvgIpc) is 2.52. The largest absolute Gasteiger partial charge is 0.508 e. The maximum absolute atomic E-state index is 9.59. The van der Waals surface area contributed by atoms with Crippen molar-refractivity contribution in [1.82, 2.24) is 9.88 Å². The summed E-state index contributed by atoms with van der Waals surface area (Å²) in [7, 11) is 0. The van der Waals surface area contributed by atoms with Crippen molar-refractivity contribution >= 4 is 0 Å². The molecule has 110 valence electrons. The van der Waals surface area contributed by atoms with Crippen molar-refractivity contribution in [3.05, 3.63) is 47.7 Å². The molecule has 0 saturated carbocycles. The number of phenols is 1.